The summed E-state index contributed by atoms with van der Waals surface area (Å²) in [4.78, 5) is 0. The molecule has 0 amide bonds. The van der Waals surface area contributed by atoms with Crippen LogP contribution in [0.15, 0.2) is 24.3 Å². The van der Waals surface area contributed by atoms with Gasteiger partial charge in [0.15, 0.2) is 0 Å². The van der Waals surface area contributed by atoms with Crippen LogP contribution in [0.5, 0.6) is 5.75 Å². The molecule has 1 aliphatic heterocycles. The smallest absolute Gasteiger partial charge is 0.485 e. The van der Waals surface area contributed by atoms with Crippen molar-refractivity contribution in [1.29, 1.82) is 0 Å². The summed E-state index contributed by atoms with van der Waals surface area (Å²) in [5, 5.41) is 0. The Bertz CT molecular complexity index is 509. The minimum atomic E-state index is -0.386. The quantitative estimate of drug-likeness (QED) is 0.784. The van der Waals surface area contributed by atoms with Gasteiger partial charge in [0.05, 0.1) is 17.8 Å². The molecule has 122 valence electrons. The molecule has 4 nitrogen and oxygen atoms in total. The molecule has 0 aliphatic carbocycles. The van der Waals surface area contributed by atoms with E-state index in [2.05, 4.69) is 27.7 Å². The van der Waals surface area contributed by atoms with Crippen molar-refractivity contribution in [3.8, 4) is 5.75 Å². The van der Waals surface area contributed by atoms with Crippen LogP contribution in [0.4, 0.5) is 0 Å². The monoisotopic (exact) mass is 306 g/mol. The lowest BCUT2D eigenvalue weighted by Gasteiger charge is -2.32. The van der Waals surface area contributed by atoms with Crippen LogP contribution in [0.25, 0.3) is 0 Å². The molecule has 0 unspecified atom stereocenters. The highest BCUT2D eigenvalue weighted by molar-refractivity contribution is 6.62. The van der Waals surface area contributed by atoms with Crippen LogP contribution in [-0.2, 0) is 14.0 Å². The van der Waals surface area contributed by atoms with E-state index in [0.717, 1.165) is 11.2 Å². The molecule has 0 aromatic heterocycles. The van der Waals surface area contributed by atoms with Crippen molar-refractivity contribution in [2.75, 3.05) is 13.7 Å². The second-order valence-corrected chi connectivity index (χ2v) is 7.46. The molecule has 5 heteroatoms. The Kier molecular flexibility index (Phi) is 4.62. The van der Waals surface area contributed by atoms with E-state index < -0.39 is 0 Å². The molecule has 1 aromatic rings. The van der Waals surface area contributed by atoms with Gasteiger partial charge in [-0.05, 0) is 59.1 Å². The summed E-state index contributed by atoms with van der Waals surface area (Å²) in [5.41, 5.74) is -0.110. The maximum Gasteiger partial charge on any atom is 0.494 e. The van der Waals surface area contributed by atoms with E-state index in [9.17, 15) is 0 Å². The SMILES string of the molecule is COCC(C)(C)Oc1cccc(B2OC(C)(C)C(C)(C)O2)c1. The second kappa shape index (κ2) is 5.87. The minimum Gasteiger partial charge on any atom is -0.485 e. The molecule has 2 rings (SSSR count). The van der Waals surface area contributed by atoms with Crippen molar-refractivity contribution >= 4 is 12.6 Å². The van der Waals surface area contributed by atoms with Gasteiger partial charge in [0, 0.05) is 7.11 Å². The molecule has 22 heavy (non-hydrogen) atoms. The van der Waals surface area contributed by atoms with Crippen molar-refractivity contribution in [1.82, 2.24) is 0 Å². The first-order chi connectivity index (χ1) is 10.1. The Morgan fingerprint density at radius 3 is 2.23 bits per heavy atom. The number of hydrogen-bond acceptors (Lipinski definition) is 4. The Morgan fingerprint density at radius 2 is 1.68 bits per heavy atom. The third kappa shape index (κ3) is 3.65. The number of methoxy groups -OCH3 is 1. The topological polar surface area (TPSA) is 36.9 Å². The fourth-order valence-corrected chi connectivity index (χ4v) is 2.40. The molecule has 0 bridgehead atoms. The van der Waals surface area contributed by atoms with Gasteiger partial charge in [-0.1, -0.05) is 12.1 Å². The van der Waals surface area contributed by atoms with Crippen molar-refractivity contribution < 1.29 is 18.8 Å². The Balaban J connectivity index is 2.16. The van der Waals surface area contributed by atoms with Crippen LogP contribution in [0.3, 0.4) is 0 Å². The van der Waals surface area contributed by atoms with Crippen LogP contribution >= 0.6 is 0 Å². The van der Waals surface area contributed by atoms with Gasteiger partial charge in [0.1, 0.15) is 11.4 Å². The Hall–Kier alpha value is -1.04. The third-order valence-electron chi connectivity index (χ3n) is 4.27. The number of ether oxygens (including phenoxy) is 2. The van der Waals surface area contributed by atoms with Gasteiger partial charge in [0.25, 0.3) is 0 Å². The molecule has 1 saturated heterocycles. The van der Waals surface area contributed by atoms with Gasteiger partial charge in [-0.25, -0.2) is 0 Å². The lowest BCUT2D eigenvalue weighted by Crippen LogP contribution is -2.41. The van der Waals surface area contributed by atoms with Crippen molar-refractivity contribution in [3.63, 3.8) is 0 Å². The fraction of sp³-hybridized carbons (Fsp3) is 0.647. The van der Waals surface area contributed by atoms with E-state index in [1.807, 2.05) is 38.1 Å². The highest BCUT2D eigenvalue weighted by atomic mass is 16.7. The molecule has 0 spiro atoms. The Morgan fingerprint density at radius 1 is 1.09 bits per heavy atom. The summed E-state index contributed by atoms with van der Waals surface area (Å²) in [6.07, 6.45) is 0. The average molecular weight is 306 g/mol. The summed E-state index contributed by atoms with van der Waals surface area (Å²) < 4.78 is 23.4. The highest BCUT2D eigenvalue weighted by Gasteiger charge is 2.51. The van der Waals surface area contributed by atoms with E-state index in [1.165, 1.54) is 0 Å². The van der Waals surface area contributed by atoms with Gasteiger partial charge in [-0.3, -0.25) is 0 Å². The highest BCUT2D eigenvalue weighted by Crippen LogP contribution is 2.36. The molecular weight excluding hydrogens is 279 g/mol. The van der Waals surface area contributed by atoms with Gasteiger partial charge in [-0.2, -0.15) is 0 Å². The van der Waals surface area contributed by atoms with Crippen LogP contribution in [-0.4, -0.2) is 37.6 Å². The summed E-state index contributed by atoms with van der Waals surface area (Å²) in [7, 11) is 1.30. The second-order valence-electron chi connectivity index (χ2n) is 7.46. The molecule has 0 atom stereocenters. The molecule has 1 heterocycles. The standard InChI is InChI=1S/C17H27BO4/c1-15(2,12-19-7)20-14-10-8-9-13(11-14)18-21-16(3,4)17(5,6)22-18/h8-11H,12H2,1-7H3. The third-order valence-corrected chi connectivity index (χ3v) is 4.27. The molecule has 1 aromatic carbocycles. The lowest BCUT2D eigenvalue weighted by atomic mass is 9.79. The summed E-state index contributed by atoms with van der Waals surface area (Å²) >= 11 is 0. The van der Waals surface area contributed by atoms with Gasteiger partial charge in [0.2, 0.25) is 0 Å². The predicted octanol–water partition coefficient (Wildman–Crippen LogP) is 2.79. The molecule has 0 saturated carbocycles. The van der Waals surface area contributed by atoms with E-state index >= 15 is 0 Å². The normalized spacial score (nSPS) is 20.2. The lowest BCUT2D eigenvalue weighted by molar-refractivity contribution is 0.00578. The van der Waals surface area contributed by atoms with Crippen LogP contribution in [0, 0.1) is 0 Å². The Labute approximate surface area is 134 Å². The van der Waals surface area contributed by atoms with Crippen LogP contribution in [0.1, 0.15) is 41.5 Å². The van der Waals surface area contributed by atoms with Gasteiger partial charge in [-0.15, -0.1) is 0 Å². The largest absolute Gasteiger partial charge is 0.494 e. The van der Waals surface area contributed by atoms with Crippen molar-refractivity contribution in [2.45, 2.75) is 58.3 Å². The summed E-state index contributed by atoms with van der Waals surface area (Å²) in [6.45, 7) is 12.7. The van der Waals surface area contributed by atoms with Gasteiger partial charge >= 0.3 is 7.12 Å². The number of benzene rings is 1. The summed E-state index contributed by atoms with van der Waals surface area (Å²) in [5.74, 6) is 0.786. The number of rotatable bonds is 5. The zero-order valence-electron chi connectivity index (χ0n) is 14.7. The van der Waals surface area contributed by atoms with E-state index in [0.29, 0.717) is 6.61 Å². The van der Waals surface area contributed by atoms with Crippen molar-refractivity contribution in [2.24, 2.45) is 0 Å². The maximum atomic E-state index is 6.08. The van der Waals surface area contributed by atoms with Gasteiger partial charge < -0.3 is 18.8 Å². The average Bonchev–Trinajstić information content (AvgIpc) is 2.58. The predicted molar refractivity (Wildman–Crippen MR) is 88.7 cm³/mol. The molecule has 0 N–H and O–H groups in total. The first-order valence-corrected chi connectivity index (χ1v) is 7.70. The fourth-order valence-electron chi connectivity index (χ4n) is 2.40. The molecular formula is C17H27BO4. The first kappa shape index (κ1) is 17.3. The molecule has 1 fully saturated rings. The van der Waals surface area contributed by atoms with Crippen molar-refractivity contribution in [3.05, 3.63) is 24.3 Å². The van der Waals surface area contributed by atoms with E-state index in [4.69, 9.17) is 18.8 Å². The minimum absolute atomic E-state index is 0.343. The first-order valence-electron chi connectivity index (χ1n) is 7.70. The maximum absolute atomic E-state index is 6.08. The number of hydrogen-bond donors (Lipinski definition) is 0. The van der Waals surface area contributed by atoms with Crippen LogP contribution < -0.4 is 10.2 Å². The summed E-state index contributed by atoms with van der Waals surface area (Å²) in [6, 6.07) is 7.86. The molecule has 0 radical (unpaired) electrons. The zero-order valence-corrected chi connectivity index (χ0v) is 14.7. The van der Waals surface area contributed by atoms with E-state index in [-0.39, 0.29) is 23.9 Å². The molecule has 1 aliphatic rings. The van der Waals surface area contributed by atoms with E-state index in [1.54, 1.807) is 7.11 Å². The van der Waals surface area contributed by atoms with Crippen LogP contribution in [0.2, 0.25) is 0 Å². The zero-order chi connectivity index (χ0) is 16.6.